The van der Waals surface area contributed by atoms with Crippen LogP contribution in [0.2, 0.25) is 5.02 Å². The van der Waals surface area contributed by atoms with Crippen molar-refractivity contribution >= 4 is 40.0 Å². The van der Waals surface area contributed by atoms with E-state index in [0.29, 0.717) is 12.3 Å². The van der Waals surface area contributed by atoms with Crippen molar-refractivity contribution in [3.63, 3.8) is 0 Å². The molecule has 0 unspecified atom stereocenters. The second-order valence-corrected chi connectivity index (χ2v) is 12.8. The van der Waals surface area contributed by atoms with Crippen LogP contribution in [0.15, 0.2) is 47.4 Å². The number of rotatable bonds is 8. The Morgan fingerprint density at radius 2 is 1.67 bits per heavy atom. The molecule has 33 heavy (non-hydrogen) atoms. The number of hydrogen-bond donors (Lipinski definition) is 0. The summed E-state index contributed by atoms with van der Waals surface area (Å²) in [7, 11) is 0. The van der Waals surface area contributed by atoms with Crippen LogP contribution in [-0.4, -0.2) is 16.1 Å². The zero-order chi connectivity index (χ0) is 24.6. The molecule has 0 bridgehead atoms. The molecular formula is C29H38ClNOS. The first-order chi connectivity index (χ1) is 15.3. The number of benzene rings is 2. The van der Waals surface area contributed by atoms with Gasteiger partial charge in [0, 0.05) is 50.6 Å². The van der Waals surface area contributed by atoms with Crippen LogP contribution in [-0.2, 0) is 17.8 Å². The summed E-state index contributed by atoms with van der Waals surface area (Å²) in [5, 5.41) is 2.05. The summed E-state index contributed by atoms with van der Waals surface area (Å²) in [4.78, 5) is 13.9. The maximum atomic E-state index is 12.5. The fraction of sp³-hybridized carbons (Fsp3) is 0.483. The molecule has 3 rings (SSSR count). The predicted molar refractivity (Wildman–Crippen MR) is 145 cm³/mol. The molecular weight excluding hydrogens is 446 g/mol. The summed E-state index contributed by atoms with van der Waals surface area (Å²) in [6.07, 6.45) is 0.716. The van der Waals surface area contributed by atoms with E-state index in [1.807, 2.05) is 23.9 Å². The molecule has 0 saturated heterocycles. The number of hydrogen-bond acceptors (Lipinski definition) is 2. The molecule has 3 aromatic rings. The Bertz CT molecular complexity index is 1130. The van der Waals surface area contributed by atoms with Gasteiger partial charge in [0.1, 0.15) is 5.78 Å². The fourth-order valence-electron chi connectivity index (χ4n) is 3.87. The Kier molecular flexibility index (Phi) is 7.75. The highest BCUT2D eigenvalue weighted by Gasteiger charge is 2.30. The molecule has 0 aliphatic rings. The molecule has 0 fully saturated rings. The van der Waals surface area contributed by atoms with Crippen molar-refractivity contribution in [2.45, 2.75) is 79.2 Å². The summed E-state index contributed by atoms with van der Waals surface area (Å²) < 4.78 is 2.43. The predicted octanol–water partition coefficient (Wildman–Crippen LogP) is 8.76. The van der Waals surface area contributed by atoms with Crippen molar-refractivity contribution in [3.05, 3.63) is 64.3 Å². The quantitative estimate of drug-likeness (QED) is 0.298. The number of halogens is 1. The third kappa shape index (κ3) is 6.25. The molecule has 4 heteroatoms. The third-order valence-corrected chi connectivity index (χ3v) is 8.28. The average Bonchev–Trinajstić information content (AvgIpc) is 2.98. The lowest BCUT2D eigenvalue weighted by molar-refractivity contribution is -0.124. The van der Waals surface area contributed by atoms with Crippen LogP contribution >= 0.6 is 23.4 Å². The van der Waals surface area contributed by atoms with Crippen LogP contribution in [0.3, 0.4) is 0 Å². The van der Waals surface area contributed by atoms with Crippen LogP contribution in [0.25, 0.3) is 10.9 Å². The summed E-state index contributed by atoms with van der Waals surface area (Å²) >= 11 is 8.09. The van der Waals surface area contributed by atoms with Gasteiger partial charge >= 0.3 is 0 Å². The maximum absolute atomic E-state index is 12.5. The van der Waals surface area contributed by atoms with Crippen molar-refractivity contribution < 1.29 is 4.79 Å². The van der Waals surface area contributed by atoms with E-state index < -0.39 is 5.41 Å². The Labute approximate surface area is 209 Å². The minimum atomic E-state index is -0.427. The molecule has 2 aromatic carbocycles. The number of fused-ring (bicyclic) bond motifs is 1. The van der Waals surface area contributed by atoms with Crippen molar-refractivity contribution in [2.75, 3.05) is 5.75 Å². The first-order valence-corrected chi connectivity index (χ1v) is 13.2. The standard InChI is InChI=1S/C29H38ClNOS/c1-19(2)22-11-14-25-24(15-22)27(33-18-28(4,5)6)26(16-29(7,8)20(3)32)31(25)17-21-9-12-23(30)13-10-21/h9-15,19H,16-18H2,1-8H3. The first kappa shape index (κ1) is 25.9. The van der Waals surface area contributed by atoms with Crippen LogP contribution in [0.5, 0.6) is 0 Å². The summed E-state index contributed by atoms with van der Waals surface area (Å²) in [5.41, 5.74) is 4.83. The van der Waals surface area contributed by atoms with Gasteiger partial charge in [-0.2, -0.15) is 0 Å². The smallest absolute Gasteiger partial charge is 0.135 e. The molecule has 0 spiro atoms. The van der Waals surface area contributed by atoms with E-state index in [4.69, 9.17) is 11.6 Å². The molecule has 0 N–H and O–H groups in total. The molecule has 1 aromatic heterocycles. The molecule has 0 amide bonds. The van der Waals surface area contributed by atoms with Gasteiger partial charge in [-0.05, 0) is 53.6 Å². The molecule has 0 saturated carbocycles. The summed E-state index contributed by atoms with van der Waals surface area (Å²) in [5.74, 6) is 1.71. The van der Waals surface area contributed by atoms with E-state index in [1.54, 1.807) is 6.92 Å². The minimum absolute atomic E-state index is 0.207. The van der Waals surface area contributed by atoms with Gasteiger partial charge in [0.15, 0.2) is 0 Å². The Hall–Kier alpha value is -1.71. The minimum Gasteiger partial charge on any atom is -0.339 e. The molecule has 0 aliphatic carbocycles. The second-order valence-electron chi connectivity index (χ2n) is 11.4. The van der Waals surface area contributed by atoms with Crippen LogP contribution in [0, 0.1) is 10.8 Å². The number of Topliss-reactive ketones (excluding diaryl/α,β-unsaturated/α-hetero) is 1. The largest absolute Gasteiger partial charge is 0.339 e. The highest BCUT2D eigenvalue weighted by Crippen LogP contribution is 2.41. The van der Waals surface area contributed by atoms with Gasteiger partial charge < -0.3 is 4.57 Å². The topological polar surface area (TPSA) is 22.0 Å². The van der Waals surface area contributed by atoms with Gasteiger partial charge in [-0.3, -0.25) is 4.79 Å². The Morgan fingerprint density at radius 3 is 2.21 bits per heavy atom. The van der Waals surface area contributed by atoms with Crippen LogP contribution in [0.1, 0.15) is 78.1 Å². The summed E-state index contributed by atoms with van der Waals surface area (Å²) in [6, 6.07) is 15.0. The highest BCUT2D eigenvalue weighted by molar-refractivity contribution is 7.99. The molecule has 0 aliphatic heterocycles. The van der Waals surface area contributed by atoms with Crippen LogP contribution < -0.4 is 0 Å². The highest BCUT2D eigenvalue weighted by atomic mass is 35.5. The molecule has 178 valence electrons. The lowest BCUT2D eigenvalue weighted by Crippen LogP contribution is -2.26. The van der Waals surface area contributed by atoms with Gasteiger partial charge in [-0.15, -0.1) is 11.8 Å². The molecule has 1 heterocycles. The number of nitrogens with zero attached hydrogens (tertiary/aromatic N) is 1. The number of carbonyl (C=O) groups is 1. The Morgan fingerprint density at radius 1 is 1.03 bits per heavy atom. The van der Waals surface area contributed by atoms with Gasteiger partial charge in [0.05, 0.1) is 0 Å². The summed E-state index contributed by atoms with van der Waals surface area (Å²) in [6.45, 7) is 17.9. The van der Waals surface area contributed by atoms with E-state index in [2.05, 4.69) is 83.4 Å². The number of aromatic nitrogens is 1. The van der Waals surface area contributed by atoms with E-state index in [-0.39, 0.29) is 11.2 Å². The third-order valence-electron chi connectivity index (χ3n) is 6.28. The molecule has 0 radical (unpaired) electrons. The van der Waals surface area contributed by atoms with Crippen molar-refractivity contribution in [1.82, 2.24) is 4.57 Å². The normalized spacial score (nSPS) is 12.7. The van der Waals surface area contributed by atoms with Crippen molar-refractivity contribution in [3.8, 4) is 0 Å². The number of thioether (sulfide) groups is 1. The zero-order valence-electron chi connectivity index (χ0n) is 21.4. The lowest BCUT2D eigenvalue weighted by Gasteiger charge is -2.24. The first-order valence-electron chi connectivity index (χ1n) is 11.8. The van der Waals surface area contributed by atoms with Gasteiger partial charge in [0.25, 0.3) is 0 Å². The average molecular weight is 484 g/mol. The maximum Gasteiger partial charge on any atom is 0.135 e. The number of ketones is 1. The monoisotopic (exact) mass is 483 g/mol. The van der Waals surface area contributed by atoms with E-state index in [9.17, 15) is 4.79 Å². The number of carbonyl (C=O) groups excluding carboxylic acids is 1. The van der Waals surface area contributed by atoms with E-state index >= 15 is 0 Å². The van der Waals surface area contributed by atoms with Gasteiger partial charge in [-0.25, -0.2) is 0 Å². The molecule has 2 nitrogen and oxygen atoms in total. The van der Waals surface area contributed by atoms with Crippen molar-refractivity contribution in [1.29, 1.82) is 0 Å². The fourth-order valence-corrected chi connectivity index (χ4v) is 5.25. The zero-order valence-corrected chi connectivity index (χ0v) is 23.0. The van der Waals surface area contributed by atoms with Crippen LogP contribution in [0.4, 0.5) is 0 Å². The SMILES string of the molecule is CC(=O)C(C)(C)Cc1c(SCC(C)(C)C)c2cc(C(C)C)ccc2n1Cc1ccc(Cl)cc1. The molecule has 0 atom stereocenters. The lowest BCUT2D eigenvalue weighted by atomic mass is 9.84. The Balaban J connectivity index is 2.25. The van der Waals surface area contributed by atoms with E-state index in [0.717, 1.165) is 17.3 Å². The second kappa shape index (κ2) is 9.88. The van der Waals surface area contributed by atoms with Crippen molar-refractivity contribution in [2.24, 2.45) is 10.8 Å². The van der Waals surface area contributed by atoms with Gasteiger partial charge in [0.2, 0.25) is 0 Å². The van der Waals surface area contributed by atoms with Gasteiger partial charge in [-0.1, -0.05) is 78.3 Å². The van der Waals surface area contributed by atoms with E-state index in [1.165, 1.54) is 32.6 Å².